The Hall–Kier alpha value is -1.76. The molecular formula is C24H31N3O2S. The van der Waals surface area contributed by atoms with E-state index in [1.54, 1.807) is 18.3 Å². The van der Waals surface area contributed by atoms with Gasteiger partial charge in [-0.05, 0) is 50.4 Å². The number of rotatable bonds is 4. The quantitative estimate of drug-likeness (QED) is 0.749. The van der Waals surface area contributed by atoms with Crippen LogP contribution in [0.4, 0.5) is 0 Å². The third-order valence-corrected chi connectivity index (χ3v) is 9.88. The molecule has 30 heavy (non-hydrogen) atoms. The molecule has 0 spiro atoms. The van der Waals surface area contributed by atoms with Crippen molar-refractivity contribution in [1.82, 2.24) is 14.2 Å². The van der Waals surface area contributed by atoms with Crippen LogP contribution in [-0.4, -0.2) is 53.8 Å². The van der Waals surface area contributed by atoms with E-state index < -0.39 is 10.0 Å². The standard InChI is InChI=1S/C24H31N3O2S/c1-24-16-21-20(15-18-9-4-3-5-10-18)26(2)22(24)12-6-7-13-23(24)27(21)30(28,29)19-11-8-14-25-17-19/h3-5,8-11,14,17,20-23H,6-7,12-13,15-16H2,1-2H3/t20-,21+,22-,23+,24-/m1/s1. The van der Waals surface area contributed by atoms with E-state index in [1.807, 2.05) is 10.4 Å². The summed E-state index contributed by atoms with van der Waals surface area (Å²) in [5.41, 5.74) is 1.27. The minimum absolute atomic E-state index is 0.00160. The van der Waals surface area contributed by atoms with E-state index in [9.17, 15) is 8.42 Å². The van der Waals surface area contributed by atoms with E-state index in [4.69, 9.17) is 0 Å². The van der Waals surface area contributed by atoms with Crippen LogP contribution in [0.3, 0.4) is 0 Å². The second-order valence-electron chi connectivity index (χ2n) is 9.54. The molecule has 1 aromatic heterocycles. The molecule has 0 radical (unpaired) electrons. The summed E-state index contributed by atoms with van der Waals surface area (Å²) in [6.45, 7) is 2.34. The molecule has 3 heterocycles. The number of benzene rings is 1. The van der Waals surface area contributed by atoms with Crippen LogP contribution in [0.1, 0.15) is 44.6 Å². The molecule has 5 rings (SSSR count). The molecule has 3 fully saturated rings. The van der Waals surface area contributed by atoms with E-state index in [0.29, 0.717) is 10.9 Å². The first-order valence-electron chi connectivity index (χ1n) is 11.1. The van der Waals surface area contributed by atoms with Crippen LogP contribution in [0.15, 0.2) is 59.8 Å². The maximum atomic E-state index is 13.9. The highest BCUT2D eigenvalue weighted by atomic mass is 32.2. The lowest BCUT2D eigenvalue weighted by Crippen LogP contribution is -2.58. The molecule has 0 unspecified atom stereocenters. The number of nitrogens with zero attached hydrogens (tertiary/aromatic N) is 3. The minimum Gasteiger partial charge on any atom is -0.298 e. The van der Waals surface area contributed by atoms with Gasteiger partial charge in [0.25, 0.3) is 0 Å². The van der Waals surface area contributed by atoms with Crippen molar-refractivity contribution in [2.75, 3.05) is 7.05 Å². The Bertz CT molecular complexity index is 998. The average Bonchev–Trinajstić information content (AvgIpc) is 2.91. The fourth-order valence-corrected chi connectivity index (χ4v) is 8.54. The van der Waals surface area contributed by atoms with Gasteiger partial charge in [-0.15, -0.1) is 0 Å². The summed E-state index contributed by atoms with van der Waals surface area (Å²) in [5, 5.41) is 0. The first kappa shape index (κ1) is 20.2. The Morgan fingerprint density at radius 2 is 1.80 bits per heavy atom. The summed E-state index contributed by atoms with van der Waals surface area (Å²) in [6, 6.07) is 14.6. The number of hydrogen-bond acceptors (Lipinski definition) is 4. The second-order valence-corrected chi connectivity index (χ2v) is 11.4. The maximum Gasteiger partial charge on any atom is 0.245 e. The number of aromatic nitrogens is 1. The van der Waals surface area contributed by atoms with E-state index in [1.165, 1.54) is 18.2 Å². The average molecular weight is 426 g/mol. The number of fused-ring (bicyclic) bond motifs is 1. The predicted octanol–water partition coefficient (Wildman–Crippen LogP) is 3.72. The van der Waals surface area contributed by atoms with Gasteiger partial charge in [0.05, 0.1) is 0 Å². The first-order valence-corrected chi connectivity index (χ1v) is 12.6. The molecule has 3 aliphatic rings. The number of sulfonamides is 1. The highest BCUT2D eigenvalue weighted by molar-refractivity contribution is 7.89. The van der Waals surface area contributed by atoms with Gasteiger partial charge in [-0.1, -0.05) is 50.1 Å². The molecule has 5 nitrogen and oxygen atoms in total. The normalized spacial score (nSPS) is 34.6. The molecule has 2 aliphatic heterocycles. The van der Waals surface area contributed by atoms with Crippen molar-refractivity contribution in [1.29, 1.82) is 0 Å². The zero-order chi connectivity index (χ0) is 20.9. The maximum absolute atomic E-state index is 13.9. The lowest BCUT2D eigenvalue weighted by Gasteiger charge is -2.49. The number of likely N-dealkylation sites (tertiary alicyclic amines) is 1. The zero-order valence-corrected chi connectivity index (χ0v) is 18.6. The van der Waals surface area contributed by atoms with Crippen molar-refractivity contribution >= 4 is 10.0 Å². The minimum atomic E-state index is -3.60. The fourth-order valence-electron chi connectivity index (χ4n) is 6.60. The van der Waals surface area contributed by atoms with Gasteiger partial charge in [-0.25, -0.2) is 8.42 Å². The first-order chi connectivity index (χ1) is 14.4. The van der Waals surface area contributed by atoms with Crippen LogP contribution in [0, 0.1) is 5.41 Å². The Kier molecular flexibility index (Phi) is 4.99. The summed E-state index contributed by atoms with van der Waals surface area (Å²) < 4.78 is 29.7. The van der Waals surface area contributed by atoms with Gasteiger partial charge in [0, 0.05) is 42.0 Å². The van der Waals surface area contributed by atoms with Crippen molar-refractivity contribution in [3.8, 4) is 0 Å². The van der Waals surface area contributed by atoms with Crippen molar-refractivity contribution in [3.05, 3.63) is 60.4 Å². The van der Waals surface area contributed by atoms with Gasteiger partial charge in [0.2, 0.25) is 10.0 Å². The smallest absolute Gasteiger partial charge is 0.245 e. The molecule has 2 aromatic rings. The summed E-state index contributed by atoms with van der Waals surface area (Å²) in [6.07, 6.45) is 9.34. The van der Waals surface area contributed by atoms with E-state index in [-0.39, 0.29) is 23.5 Å². The zero-order valence-electron chi connectivity index (χ0n) is 17.8. The highest BCUT2D eigenvalue weighted by Crippen LogP contribution is 2.56. The third kappa shape index (κ3) is 3.03. The molecule has 6 heteroatoms. The molecule has 0 amide bonds. The Morgan fingerprint density at radius 3 is 2.50 bits per heavy atom. The van der Waals surface area contributed by atoms with Gasteiger partial charge in [-0.2, -0.15) is 4.31 Å². The lowest BCUT2D eigenvalue weighted by atomic mass is 9.69. The van der Waals surface area contributed by atoms with Crippen LogP contribution in [0.5, 0.6) is 0 Å². The van der Waals surface area contributed by atoms with Gasteiger partial charge in [-0.3, -0.25) is 9.88 Å². The molecule has 1 aliphatic carbocycles. The third-order valence-electron chi connectivity index (χ3n) is 7.97. The van der Waals surface area contributed by atoms with Crippen molar-refractivity contribution in [3.63, 3.8) is 0 Å². The molecule has 0 N–H and O–H groups in total. The Morgan fingerprint density at radius 1 is 1.07 bits per heavy atom. The van der Waals surface area contributed by atoms with E-state index in [2.05, 4.69) is 48.1 Å². The fraction of sp³-hybridized carbons (Fsp3) is 0.542. The predicted molar refractivity (Wildman–Crippen MR) is 118 cm³/mol. The van der Waals surface area contributed by atoms with Gasteiger partial charge in [0.15, 0.2) is 0 Å². The molecule has 160 valence electrons. The van der Waals surface area contributed by atoms with E-state index in [0.717, 1.165) is 32.1 Å². The van der Waals surface area contributed by atoms with Crippen molar-refractivity contribution in [2.24, 2.45) is 5.41 Å². The molecule has 2 saturated heterocycles. The number of hydrogen-bond donors (Lipinski definition) is 0. The number of pyridine rings is 1. The van der Waals surface area contributed by atoms with Gasteiger partial charge < -0.3 is 0 Å². The van der Waals surface area contributed by atoms with Crippen LogP contribution in [0.25, 0.3) is 0 Å². The summed E-state index contributed by atoms with van der Waals surface area (Å²) in [4.78, 5) is 6.96. The highest BCUT2D eigenvalue weighted by Gasteiger charge is 2.63. The summed E-state index contributed by atoms with van der Waals surface area (Å²) in [5.74, 6) is 0. The second kappa shape index (κ2) is 7.43. The number of likely N-dealkylation sites (N-methyl/N-ethyl adjacent to an activating group) is 1. The Balaban J connectivity index is 1.61. The topological polar surface area (TPSA) is 53.5 Å². The van der Waals surface area contributed by atoms with Crippen LogP contribution < -0.4 is 0 Å². The monoisotopic (exact) mass is 425 g/mol. The molecular weight excluding hydrogens is 394 g/mol. The van der Waals surface area contributed by atoms with Crippen molar-refractivity contribution < 1.29 is 8.42 Å². The molecule has 5 atom stereocenters. The van der Waals surface area contributed by atoms with Crippen LogP contribution in [-0.2, 0) is 16.4 Å². The summed E-state index contributed by atoms with van der Waals surface area (Å²) >= 11 is 0. The largest absolute Gasteiger partial charge is 0.298 e. The van der Waals surface area contributed by atoms with Crippen LogP contribution in [0.2, 0.25) is 0 Å². The van der Waals surface area contributed by atoms with Crippen LogP contribution >= 0.6 is 0 Å². The Labute approximate surface area is 180 Å². The lowest BCUT2D eigenvalue weighted by molar-refractivity contribution is 0.0168. The molecule has 1 aromatic carbocycles. The SMILES string of the molecule is CN1[C@H](Cc2ccccc2)[C@@H]2C[C@@]3(C)[C@H](CCCC[C@@H]13)N2S(=O)(=O)c1cccnc1. The van der Waals surface area contributed by atoms with Gasteiger partial charge in [0.1, 0.15) is 4.90 Å². The molecule has 1 saturated carbocycles. The van der Waals surface area contributed by atoms with Crippen molar-refractivity contribution in [2.45, 2.75) is 74.5 Å². The molecule has 2 bridgehead atoms. The summed E-state index contributed by atoms with van der Waals surface area (Å²) in [7, 11) is -1.38. The van der Waals surface area contributed by atoms with Gasteiger partial charge >= 0.3 is 0 Å². The van der Waals surface area contributed by atoms with E-state index >= 15 is 0 Å². The number of piperidine rings is 1.